The zero-order valence-electron chi connectivity index (χ0n) is 12.9. The molecule has 1 aliphatic carbocycles. The molecule has 2 rings (SSSR count). The van der Waals surface area contributed by atoms with Crippen molar-refractivity contribution in [3.05, 3.63) is 0 Å². The summed E-state index contributed by atoms with van der Waals surface area (Å²) < 4.78 is 0. The molecule has 1 aliphatic heterocycles. The molecule has 3 nitrogen and oxygen atoms in total. The maximum absolute atomic E-state index is 12.8. The second kappa shape index (κ2) is 6.85. The molecule has 0 N–H and O–H groups in total. The maximum Gasteiger partial charge on any atom is 0.154 e. The molecule has 2 aliphatic rings. The highest BCUT2D eigenvalue weighted by atomic mass is 16.1. The topological polar surface area (TPSA) is 23.6 Å². The van der Waals surface area contributed by atoms with Crippen LogP contribution >= 0.6 is 0 Å². The Kier molecular flexibility index (Phi) is 5.40. The summed E-state index contributed by atoms with van der Waals surface area (Å²) in [6.07, 6.45) is 7.25. The lowest BCUT2D eigenvalue weighted by Crippen LogP contribution is -2.46. The Morgan fingerprint density at radius 1 is 1.11 bits per heavy atom. The minimum Gasteiger partial charge on any atom is -0.304 e. The van der Waals surface area contributed by atoms with Crippen molar-refractivity contribution >= 4 is 5.78 Å². The molecule has 0 bridgehead atoms. The van der Waals surface area contributed by atoms with E-state index >= 15 is 0 Å². The van der Waals surface area contributed by atoms with Gasteiger partial charge in [0.05, 0.1) is 6.04 Å². The van der Waals surface area contributed by atoms with E-state index < -0.39 is 0 Å². The Labute approximate surface area is 118 Å². The molecular weight excluding hydrogens is 236 g/mol. The van der Waals surface area contributed by atoms with Gasteiger partial charge in [0.25, 0.3) is 0 Å². The first-order chi connectivity index (χ1) is 9.11. The third kappa shape index (κ3) is 3.79. The van der Waals surface area contributed by atoms with E-state index in [1.807, 2.05) is 0 Å². The molecule has 1 saturated carbocycles. The summed E-state index contributed by atoms with van der Waals surface area (Å²) in [5, 5.41) is 0. The minimum absolute atomic E-state index is 0.135. The molecule has 1 atom stereocenters. The van der Waals surface area contributed by atoms with Crippen molar-refractivity contribution in [1.29, 1.82) is 0 Å². The Morgan fingerprint density at radius 2 is 1.79 bits per heavy atom. The quantitative estimate of drug-likeness (QED) is 0.784. The molecule has 2 fully saturated rings. The number of carbonyl (C=O) groups excluding carboxylic acids is 1. The third-order valence-corrected chi connectivity index (χ3v) is 5.22. The Morgan fingerprint density at radius 3 is 2.42 bits per heavy atom. The van der Waals surface area contributed by atoms with Gasteiger partial charge in [-0.05, 0) is 65.2 Å². The first-order valence-corrected chi connectivity index (χ1v) is 8.04. The van der Waals surface area contributed by atoms with Crippen molar-refractivity contribution in [1.82, 2.24) is 9.80 Å². The number of carbonyl (C=O) groups is 1. The summed E-state index contributed by atoms with van der Waals surface area (Å²) >= 11 is 0. The third-order valence-electron chi connectivity index (χ3n) is 5.22. The van der Waals surface area contributed by atoms with Gasteiger partial charge in [0, 0.05) is 12.5 Å². The van der Waals surface area contributed by atoms with Crippen molar-refractivity contribution < 1.29 is 4.79 Å². The fourth-order valence-electron chi connectivity index (χ4n) is 3.71. The minimum atomic E-state index is 0.135. The second-order valence-electron chi connectivity index (χ2n) is 6.64. The van der Waals surface area contributed by atoms with Crippen molar-refractivity contribution in [2.24, 2.45) is 11.8 Å². The molecule has 0 amide bonds. The fraction of sp³-hybridized carbons (Fsp3) is 0.938. The number of hydrogen-bond donors (Lipinski definition) is 0. The van der Waals surface area contributed by atoms with Crippen molar-refractivity contribution in [2.75, 3.05) is 33.7 Å². The van der Waals surface area contributed by atoms with Crippen LogP contribution < -0.4 is 0 Å². The molecule has 3 heteroatoms. The largest absolute Gasteiger partial charge is 0.304 e. The lowest BCUT2D eigenvalue weighted by atomic mass is 9.77. The molecule has 0 aromatic rings. The Hall–Kier alpha value is -0.410. The summed E-state index contributed by atoms with van der Waals surface area (Å²) in [5.74, 6) is 1.73. The second-order valence-corrected chi connectivity index (χ2v) is 6.64. The van der Waals surface area contributed by atoms with Gasteiger partial charge in [0.2, 0.25) is 0 Å². The number of Topliss-reactive ketones (excluding diaryl/α,β-unsaturated/α-hetero) is 1. The molecule has 0 spiro atoms. The molecule has 1 heterocycles. The van der Waals surface area contributed by atoms with E-state index in [2.05, 4.69) is 30.8 Å². The van der Waals surface area contributed by atoms with E-state index in [0.717, 1.165) is 38.4 Å². The van der Waals surface area contributed by atoms with Crippen LogP contribution in [0.5, 0.6) is 0 Å². The van der Waals surface area contributed by atoms with E-state index in [9.17, 15) is 4.79 Å². The predicted octanol–water partition coefficient (Wildman–Crippen LogP) is 2.41. The zero-order valence-corrected chi connectivity index (χ0v) is 12.9. The van der Waals surface area contributed by atoms with Gasteiger partial charge in [0.15, 0.2) is 5.78 Å². The van der Waals surface area contributed by atoms with E-state index in [4.69, 9.17) is 0 Å². The average Bonchev–Trinajstić information content (AvgIpc) is 2.60. The SMILES string of the molecule is CCC1CCC(C(=O)C2CN(C)CCCN2C)CC1. The predicted molar refractivity (Wildman–Crippen MR) is 79.3 cm³/mol. The molecule has 1 unspecified atom stereocenters. The molecule has 0 aromatic carbocycles. The van der Waals surface area contributed by atoms with Crippen LogP contribution in [0.15, 0.2) is 0 Å². The summed E-state index contributed by atoms with van der Waals surface area (Å²) in [5.41, 5.74) is 0. The first-order valence-electron chi connectivity index (χ1n) is 8.04. The van der Waals surface area contributed by atoms with Gasteiger partial charge in [-0.25, -0.2) is 0 Å². The highest BCUT2D eigenvalue weighted by Gasteiger charge is 2.33. The lowest BCUT2D eigenvalue weighted by molar-refractivity contribution is -0.129. The van der Waals surface area contributed by atoms with Gasteiger partial charge in [-0.15, -0.1) is 0 Å². The van der Waals surface area contributed by atoms with Crippen LogP contribution in [0.1, 0.15) is 45.4 Å². The van der Waals surface area contributed by atoms with Crippen LogP contribution in [-0.4, -0.2) is 55.4 Å². The number of ketones is 1. The molecular formula is C16H30N2O. The summed E-state index contributed by atoms with van der Waals surface area (Å²) in [7, 11) is 4.27. The van der Waals surface area contributed by atoms with E-state index in [0.29, 0.717) is 11.7 Å². The van der Waals surface area contributed by atoms with Gasteiger partial charge < -0.3 is 4.90 Å². The van der Waals surface area contributed by atoms with Gasteiger partial charge in [0.1, 0.15) is 0 Å². The van der Waals surface area contributed by atoms with Gasteiger partial charge in [-0.1, -0.05) is 13.3 Å². The number of hydrogen-bond acceptors (Lipinski definition) is 3. The molecule has 1 saturated heterocycles. The number of nitrogens with zero attached hydrogens (tertiary/aromatic N) is 2. The summed E-state index contributed by atoms with van der Waals surface area (Å²) in [4.78, 5) is 17.4. The van der Waals surface area contributed by atoms with Gasteiger partial charge in [-0.3, -0.25) is 9.69 Å². The Bertz CT molecular complexity index is 297. The van der Waals surface area contributed by atoms with Crippen molar-refractivity contribution in [3.63, 3.8) is 0 Å². The van der Waals surface area contributed by atoms with Crippen LogP contribution in [-0.2, 0) is 4.79 Å². The zero-order chi connectivity index (χ0) is 13.8. The fourth-order valence-corrected chi connectivity index (χ4v) is 3.71. The standard InChI is InChI=1S/C16H30N2O/c1-4-13-6-8-14(9-7-13)16(19)15-12-17(2)10-5-11-18(15)3/h13-15H,4-12H2,1-3H3. The average molecular weight is 266 g/mol. The molecule has 0 aromatic heterocycles. The maximum atomic E-state index is 12.8. The Balaban J connectivity index is 1.94. The van der Waals surface area contributed by atoms with Crippen molar-refractivity contribution in [2.45, 2.75) is 51.5 Å². The van der Waals surface area contributed by atoms with Crippen LogP contribution in [0.3, 0.4) is 0 Å². The van der Waals surface area contributed by atoms with Crippen LogP contribution in [0, 0.1) is 11.8 Å². The molecule has 110 valence electrons. The van der Waals surface area contributed by atoms with Gasteiger partial charge >= 0.3 is 0 Å². The van der Waals surface area contributed by atoms with E-state index in [1.165, 1.54) is 25.7 Å². The van der Waals surface area contributed by atoms with E-state index in [-0.39, 0.29) is 6.04 Å². The summed E-state index contributed by atoms with van der Waals surface area (Å²) in [6, 6.07) is 0.135. The number of likely N-dealkylation sites (N-methyl/N-ethyl adjacent to an activating group) is 2. The van der Waals surface area contributed by atoms with Gasteiger partial charge in [-0.2, -0.15) is 0 Å². The number of rotatable bonds is 3. The normalized spacial score (nSPS) is 35.0. The van der Waals surface area contributed by atoms with Crippen LogP contribution in [0.4, 0.5) is 0 Å². The van der Waals surface area contributed by atoms with E-state index in [1.54, 1.807) is 0 Å². The molecule has 0 radical (unpaired) electrons. The lowest BCUT2D eigenvalue weighted by Gasteiger charge is -2.33. The van der Waals surface area contributed by atoms with Crippen LogP contribution in [0.2, 0.25) is 0 Å². The smallest absolute Gasteiger partial charge is 0.154 e. The monoisotopic (exact) mass is 266 g/mol. The summed E-state index contributed by atoms with van der Waals surface area (Å²) in [6.45, 7) is 5.38. The van der Waals surface area contributed by atoms with Crippen LogP contribution in [0.25, 0.3) is 0 Å². The highest BCUT2D eigenvalue weighted by molar-refractivity contribution is 5.86. The first kappa shape index (κ1) is 15.0. The highest BCUT2D eigenvalue weighted by Crippen LogP contribution is 2.32. The molecule has 19 heavy (non-hydrogen) atoms. The van der Waals surface area contributed by atoms with Crippen molar-refractivity contribution in [3.8, 4) is 0 Å².